The molecule has 2 fully saturated rings. The number of ether oxygens (including phenoxy) is 3. The summed E-state index contributed by atoms with van der Waals surface area (Å²) in [5.74, 6) is -0.823. The molecule has 10 heteroatoms. The monoisotopic (exact) mass is 460 g/mol. The average molecular weight is 461 g/mol. The highest BCUT2D eigenvalue weighted by Gasteiger charge is 2.60. The molecule has 0 saturated carbocycles. The number of halogens is 1. The van der Waals surface area contributed by atoms with Crippen molar-refractivity contribution in [2.75, 3.05) is 7.11 Å². The van der Waals surface area contributed by atoms with Gasteiger partial charge in [0, 0.05) is 11.2 Å². The van der Waals surface area contributed by atoms with Gasteiger partial charge in [-0.2, -0.15) is 0 Å². The molecular weight excluding hydrogens is 436 g/mol. The third kappa shape index (κ3) is 3.41. The summed E-state index contributed by atoms with van der Waals surface area (Å²) in [5.41, 5.74) is 0.508. The van der Waals surface area contributed by atoms with Gasteiger partial charge >= 0.3 is 0 Å². The topological polar surface area (TPSA) is 103 Å². The van der Waals surface area contributed by atoms with Crippen molar-refractivity contribution in [1.82, 2.24) is 14.5 Å². The Kier molecular flexibility index (Phi) is 5.06. The second-order valence-corrected chi connectivity index (χ2v) is 9.09. The van der Waals surface area contributed by atoms with E-state index in [1.165, 1.54) is 7.11 Å². The minimum absolute atomic E-state index is 0.447. The second kappa shape index (κ2) is 7.57. The predicted octanol–water partition coefficient (Wildman–Crippen LogP) is 2.81. The summed E-state index contributed by atoms with van der Waals surface area (Å²) in [6.07, 6.45) is 1.21. The Hall–Kier alpha value is -2.43. The Morgan fingerprint density at radius 2 is 1.94 bits per heavy atom. The first kappa shape index (κ1) is 21.4. The molecule has 0 amide bonds. The Morgan fingerprint density at radius 3 is 2.66 bits per heavy atom. The molecule has 5 atom stereocenters. The largest absolute Gasteiger partial charge is 0.397 e. The predicted molar refractivity (Wildman–Crippen MR) is 115 cm³/mol. The maximum Gasteiger partial charge on any atom is 0.203 e. The number of rotatable bonds is 4. The molecule has 0 aliphatic carbocycles. The van der Waals surface area contributed by atoms with E-state index in [-0.39, 0.29) is 0 Å². The Morgan fingerprint density at radius 1 is 1.22 bits per heavy atom. The lowest BCUT2D eigenvalue weighted by Crippen LogP contribution is -2.45. The smallest absolute Gasteiger partial charge is 0.203 e. The van der Waals surface area contributed by atoms with E-state index in [1.54, 1.807) is 37.5 Å². The standard InChI is InChI=1S/C22H25ClN4O5/c1-21(2)31-15-16(32-21)20(27-10-9-14-18(26-29-4)24-11-25-19(14)27)30-17(15)22(3,28)12-5-7-13(23)8-6-12/h5-11,15-17,20,28H,1-4H3,(H,24,25,26)/t15-,16+,17-,20+,22+/m0/s1. The Balaban J connectivity index is 1.58. The van der Waals surface area contributed by atoms with Gasteiger partial charge in [0.2, 0.25) is 5.49 Å². The van der Waals surface area contributed by atoms with Crippen LogP contribution < -0.4 is 5.49 Å². The molecule has 2 N–H and O–H groups in total. The first-order valence-corrected chi connectivity index (χ1v) is 10.7. The molecule has 32 heavy (non-hydrogen) atoms. The second-order valence-electron chi connectivity index (χ2n) is 8.65. The van der Waals surface area contributed by atoms with Crippen LogP contribution in [0.25, 0.3) is 11.0 Å². The van der Waals surface area contributed by atoms with Crippen molar-refractivity contribution in [2.45, 2.75) is 56.7 Å². The number of aromatic nitrogens is 3. The number of hydrogen-bond donors (Lipinski definition) is 2. The zero-order valence-electron chi connectivity index (χ0n) is 18.2. The number of benzene rings is 1. The van der Waals surface area contributed by atoms with Crippen LogP contribution in [-0.4, -0.2) is 50.9 Å². The normalized spacial score (nSPS) is 29.2. The van der Waals surface area contributed by atoms with Crippen molar-refractivity contribution in [3.63, 3.8) is 0 Å². The molecule has 4 heterocycles. The SMILES string of the molecule is CON=c1nc[nH]c2c1ccn2[C@@H]1O[C@H]([C@](C)(O)c2ccc(Cl)cc2)[C@H]2OC(C)(C)O[C@H]21. The van der Waals surface area contributed by atoms with E-state index in [0.29, 0.717) is 16.1 Å². The number of aromatic amines is 1. The first-order chi connectivity index (χ1) is 15.2. The lowest BCUT2D eigenvalue weighted by Gasteiger charge is -2.34. The fraction of sp³-hybridized carbons (Fsp3) is 0.455. The van der Waals surface area contributed by atoms with E-state index in [0.717, 1.165) is 11.0 Å². The van der Waals surface area contributed by atoms with Crippen LogP contribution in [0.3, 0.4) is 0 Å². The molecule has 2 aliphatic rings. The summed E-state index contributed by atoms with van der Waals surface area (Å²) in [4.78, 5) is 12.3. The van der Waals surface area contributed by atoms with Crippen molar-refractivity contribution in [2.24, 2.45) is 5.16 Å². The fourth-order valence-electron chi connectivity index (χ4n) is 4.58. The third-order valence-electron chi connectivity index (χ3n) is 6.01. The van der Waals surface area contributed by atoms with Crippen molar-refractivity contribution < 1.29 is 24.2 Å². The number of fused-ring (bicyclic) bond motifs is 2. The van der Waals surface area contributed by atoms with Crippen LogP contribution in [0.15, 0.2) is 48.0 Å². The van der Waals surface area contributed by atoms with E-state index >= 15 is 0 Å². The van der Waals surface area contributed by atoms with Crippen molar-refractivity contribution in [3.8, 4) is 0 Å². The van der Waals surface area contributed by atoms with Gasteiger partial charge in [-0.25, -0.2) is 4.98 Å². The fourth-order valence-corrected chi connectivity index (χ4v) is 4.71. The molecule has 0 bridgehead atoms. The lowest BCUT2D eigenvalue weighted by molar-refractivity contribution is -0.221. The molecule has 3 aromatic rings. The zero-order chi connectivity index (χ0) is 22.7. The van der Waals surface area contributed by atoms with Crippen LogP contribution in [0.5, 0.6) is 0 Å². The minimum atomic E-state index is -1.35. The number of H-pyrrole nitrogens is 1. The molecule has 2 saturated heterocycles. The van der Waals surface area contributed by atoms with Crippen molar-refractivity contribution in [1.29, 1.82) is 0 Å². The van der Waals surface area contributed by atoms with Gasteiger partial charge in [-0.3, -0.25) is 0 Å². The quantitative estimate of drug-likeness (QED) is 0.580. The average Bonchev–Trinajstić information content (AvgIpc) is 3.39. The van der Waals surface area contributed by atoms with Crippen LogP contribution in [0.4, 0.5) is 0 Å². The van der Waals surface area contributed by atoms with Gasteiger partial charge < -0.3 is 33.7 Å². The van der Waals surface area contributed by atoms with Crippen molar-refractivity contribution >= 4 is 22.6 Å². The van der Waals surface area contributed by atoms with Gasteiger partial charge in [0.25, 0.3) is 0 Å². The summed E-state index contributed by atoms with van der Waals surface area (Å²) < 4.78 is 20.8. The summed E-state index contributed by atoms with van der Waals surface area (Å²) in [6, 6.07) is 8.94. The highest BCUT2D eigenvalue weighted by Crippen LogP contribution is 2.48. The first-order valence-electron chi connectivity index (χ1n) is 10.3. The highest BCUT2D eigenvalue weighted by molar-refractivity contribution is 6.30. The van der Waals surface area contributed by atoms with Gasteiger partial charge in [-0.15, -0.1) is 0 Å². The maximum atomic E-state index is 11.6. The van der Waals surface area contributed by atoms with Crippen LogP contribution in [0, 0.1) is 0 Å². The summed E-state index contributed by atoms with van der Waals surface area (Å²) in [5, 5.41) is 16.9. The number of nitrogens with one attached hydrogen (secondary N) is 1. The summed E-state index contributed by atoms with van der Waals surface area (Å²) in [7, 11) is 1.47. The highest BCUT2D eigenvalue weighted by atomic mass is 35.5. The molecule has 0 unspecified atom stereocenters. The van der Waals surface area contributed by atoms with Crippen molar-refractivity contribution in [3.05, 3.63) is 58.9 Å². The van der Waals surface area contributed by atoms with Crippen LogP contribution >= 0.6 is 11.6 Å². The molecule has 5 rings (SSSR count). The van der Waals surface area contributed by atoms with E-state index in [9.17, 15) is 5.11 Å². The number of aliphatic hydroxyl groups is 1. The molecular formula is C22H25ClN4O5. The number of nitrogens with zero attached hydrogens (tertiary/aromatic N) is 3. The molecule has 1 aromatic carbocycles. The van der Waals surface area contributed by atoms with Crippen LogP contribution in [0.2, 0.25) is 5.02 Å². The van der Waals surface area contributed by atoms with E-state index in [4.69, 9.17) is 30.6 Å². The van der Waals surface area contributed by atoms with Gasteiger partial charge in [-0.05, 0) is 44.5 Å². The number of hydrogen-bond acceptors (Lipinski definition) is 7. The van der Waals surface area contributed by atoms with E-state index in [1.807, 2.05) is 30.7 Å². The Bertz CT molecular complexity index is 1200. The molecule has 9 nitrogen and oxygen atoms in total. The minimum Gasteiger partial charge on any atom is -0.397 e. The maximum absolute atomic E-state index is 11.6. The van der Waals surface area contributed by atoms with Gasteiger partial charge in [0.05, 0.1) is 11.7 Å². The van der Waals surface area contributed by atoms with E-state index < -0.39 is 35.9 Å². The summed E-state index contributed by atoms with van der Waals surface area (Å²) >= 11 is 6.04. The zero-order valence-corrected chi connectivity index (χ0v) is 18.9. The molecule has 0 spiro atoms. The van der Waals surface area contributed by atoms with Gasteiger partial charge in [0.15, 0.2) is 12.0 Å². The molecule has 2 aromatic heterocycles. The third-order valence-corrected chi connectivity index (χ3v) is 6.26. The lowest BCUT2D eigenvalue weighted by atomic mass is 9.87. The molecule has 0 radical (unpaired) electrons. The van der Waals surface area contributed by atoms with Crippen LogP contribution in [0.1, 0.15) is 32.6 Å². The van der Waals surface area contributed by atoms with Gasteiger partial charge in [0.1, 0.15) is 36.7 Å². The summed E-state index contributed by atoms with van der Waals surface area (Å²) in [6.45, 7) is 5.43. The molecule has 170 valence electrons. The van der Waals surface area contributed by atoms with E-state index in [2.05, 4.69) is 15.1 Å². The molecule has 2 aliphatic heterocycles. The Labute approximate surface area is 189 Å². The van der Waals surface area contributed by atoms with Crippen LogP contribution in [-0.2, 0) is 24.6 Å². The van der Waals surface area contributed by atoms with Gasteiger partial charge in [-0.1, -0.05) is 28.9 Å².